The van der Waals surface area contributed by atoms with Crippen molar-refractivity contribution in [1.82, 2.24) is 0 Å². The minimum Gasteiger partial charge on any atom is -0.689 e. The van der Waals surface area contributed by atoms with E-state index in [2.05, 4.69) is 30.2 Å². The quantitative estimate of drug-likeness (QED) is 0.176. The van der Waals surface area contributed by atoms with Crippen molar-refractivity contribution in [3.63, 3.8) is 0 Å². The van der Waals surface area contributed by atoms with Crippen molar-refractivity contribution < 1.29 is 40.7 Å². The summed E-state index contributed by atoms with van der Waals surface area (Å²) in [7, 11) is 0. The van der Waals surface area contributed by atoms with E-state index in [0.29, 0.717) is 0 Å². The Balaban J connectivity index is 0. The molecule has 0 heterocycles. The molecule has 0 rings (SSSR count). The van der Waals surface area contributed by atoms with Gasteiger partial charge in [-0.05, 0) is 20.2 Å². The molecule has 0 radical (unpaired) electrons. The Morgan fingerprint density at radius 3 is 1.22 bits per heavy atom. The van der Waals surface area contributed by atoms with Gasteiger partial charge in [0.05, 0.1) is 0 Å². The molecule has 0 aromatic carbocycles. The van der Waals surface area contributed by atoms with Crippen molar-refractivity contribution in [1.29, 1.82) is 0 Å². The fourth-order valence-electron chi connectivity index (χ4n) is 0.0454. The summed E-state index contributed by atoms with van der Waals surface area (Å²) in [4.78, 5) is 0. The Bertz CT molecular complexity index is 29.5. The van der Waals surface area contributed by atoms with E-state index in [1.54, 1.807) is 0 Å². The third kappa shape index (κ3) is 11.8. The molecule has 9 heteroatoms. The molecule has 9 heavy (non-hydrogen) atoms. The first-order chi connectivity index (χ1) is 3.91. The standard InChI is InChI=1S/Mg.H2O8/c;1-3-5-7-8-6-4-2/h;1-2H/q+2;/p-2. The molecule has 0 saturated carbocycles. The normalized spacial score (nSPS) is 8.67. The first-order valence-corrected chi connectivity index (χ1v) is 1.17. The van der Waals surface area contributed by atoms with Crippen LogP contribution in [0, 0.1) is 0 Å². The van der Waals surface area contributed by atoms with Gasteiger partial charge < -0.3 is 10.5 Å². The van der Waals surface area contributed by atoms with Gasteiger partial charge in [0, 0.05) is 0 Å². The predicted molar refractivity (Wildman–Crippen MR) is 12.3 cm³/mol. The molecule has 50 valence electrons. The van der Waals surface area contributed by atoms with E-state index in [0.717, 1.165) is 0 Å². The van der Waals surface area contributed by atoms with Gasteiger partial charge in [-0.1, -0.05) is 0 Å². The Morgan fingerprint density at radius 1 is 0.667 bits per heavy atom. The maximum absolute atomic E-state index is 8.79. The second kappa shape index (κ2) is 11.3. The van der Waals surface area contributed by atoms with Gasteiger partial charge in [0.2, 0.25) is 0 Å². The van der Waals surface area contributed by atoms with Crippen LogP contribution in [0.3, 0.4) is 0 Å². The van der Waals surface area contributed by atoms with Gasteiger partial charge in [-0.2, -0.15) is 0 Å². The molecule has 0 spiro atoms. The van der Waals surface area contributed by atoms with Crippen molar-refractivity contribution in [2.45, 2.75) is 0 Å². The third-order valence-electron chi connectivity index (χ3n) is 0.139. The molecular formula is MgO8. The third-order valence-corrected chi connectivity index (χ3v) is 0.139. The molecule has 0 aliphatic heterocycles. The van der Waals surface area contributed by atoms with Crippen molar-refractivity contribution >= 4 is 23.1 Å². The summed E-state index contributed by atoms with van der Waals surface area (Å²) < 4.78 is 0. The number of hydrogen-bond acceptors (Lipinski definition) is 8. The average molecular weight is 152 g/mol. The van der Waals surface area contributed by atoms with Crippen molar-refractivity contribution in [3.8, 4) is 0 Å². The second-order valence-corrected chi connectivity index (χ2v) is 0.408. The number of rotatable bonds is 5. The molecule has 0 unspecified atom stereocenters. The predicted octanol–water partition coefficient (Wildman–Crippen LogP) is -3.17. The Kier molecular flexibility index (Phi) is 15.2. The van der Waals surface area contributed by atoms with E-state index in [4.69, 9.17) is 10.5 Å². The largest absolute Gasteiger partial charge is 2.00 e. The summed E-state index contributed by atoms with van der Waals surface area (Å²) >= 11 is 0. The zero-order valence-electron chi connectivity index (χ0n) is 3.97. The van der Waals surface area contributed by atoms with Crippen LogP contribution in [0.15, 0.2) is 0 Å². The van der Waals surface area contributed by atoms with Crippen LogP contribution in [0.5, 0.6) is 0 Å². The first-order valence-electron chi connectivity index (χ1n) is 1.17. The van der Waals surface area contributed by atoms with Crippen LogP contribution in [0.1, 0.15) is 0 Å². The maximum Gasteiger partial charge on any atom is 2.00 e. The summed E-state index contributed by atoms with van der Waals surface area (Å²) in [6, 6.07) is 0. The van der Waals surface area contributed by atoms with Crippen LogP contribution in [-0.2, 0) is 30.2 Å². The van der Waals surface area contributed by atoms with Gasteiger partial charge in [0.15, 0.2) is 0 Å². The van der Waals surface area contributed by atoms with Gasteiger partial charge >= 0.3 is 23.1 Å². The summed E-state index contributed by atoms with van der Waals surface area (Å²) in [6.07, 6.45) is 0. The molecule has 0 saturated heterocycles. The molecule has 8 nitrogen and oxygen atoms in total. The fourth-order valence-corrected chi connectivity index (χ4v) is 0.0454. The Labute approximate surface area is 64.4 Å². The van der Waals surface area contributed by atoms with E-state index in [-0.39, 0.29) is 23.1 Å². The minimum atomic E-state index is 0. The second-order valence-electron chi connectivity index (χ2n) is 0.408. The summed E-state index contributed by atoms with van der Waals surface area (Å²) in [5.41, 5.74) is 0. The van der Waals surface area contributed by atoms with Crippen LogP contribution in [0.4, 0.5) is 0 Å². The molecular weight excluding hydrogens is 152 g/mol. The van der Waals surface area contributed by atoms with E-state index >= 15 is 0 Å². The minimum absolute atomic E-state index is 0. The van der Waals surface area contributed by atoms with Gasteiger partial charge in [0.1, 0.15) is 0 Å². The smallest absolute Gasteiger partial charge is 0.689 e. The monoisotopic (exact) mass is 152 g/mol. The van der Waals surface area contributed by atoms with Crippen LogP contribution in [0.25, 0.3) is 0 Å². The van der Waals surface area contributed by atoms with Gasteiger partial charge in [-0.25, -0.2) is 0 Å². The summed E-state index contributed by atoms with van der Waals surface area (Å²) in [5.74, 6) is 0. The van der Waals surface area contributed by atoms with Crippen LogP contribution >= 0.6 is 0 Å². The molecule has 0 atom stereocenters. The Morgan fingerprint density at radius 2 is 1.00 bits per heavy atom. The first kappa shape index (κ1) is 12.2. The van der Waals surface area contributed by atoms with Crippen molar-refractivity contribution in [3.05, 3.63) is 0 Å². The molecule has 0 aromatic heterocycles. The zero-order chi connectivity index (χ0) is 6.24. The molecule has 0 bridgehead atoms. The van der Waals surface area contributed by atoms with E-state index in [9.17, 15) is 0 Å². The molecule has 0 aromatic rings. The molecule has 0 aliphatic carbocycles. The number of hydrogen-bond donors (Lipinski definition) is 0. The average Bonchev–Trinajstić information content (AvgIpc) is 1.81. The Hall–Kier alpha value is 0.446. The fraction of sp³-hybridized carbons (Fsp3) is 0. The van der Waals surface area contributed by atoms with Gasteiger partial charge in [-0.3, -0.25) is 10.1 Å². The van der Waals surface area contributed by atoms with Crippen molar-refractivity contribution in [2.75, 3.05) is 0 Å². The molecule has 0 N–H and O–H groups in total. The van der Waals surface area contributed by atoms with Crippen molar-refractivity contribution in [2.24, 2.45) is 0 Å². The SMILES string of the molecule is [Mg+2].[O-]OOOOOO[O-]. The molecule has 0 fully saturated rings. The van der Waals surface area contributed by atoms with Gasteiger partial charge in [0.25, 0.3) is 0 Å². The zero-order valence-corrected chi connectivity index (χ0v) is 5.39. The van der Waals surface area contributed by atoms with Crippen LogP contribution in [-0.4, -0.2) is 23.1 Å². The summed E-state index contributed by atoms with van der Waals surface area (Å²) in [6.45, 7) is 0. The summed E-state index contributed by atoms with van der Waals surface area (Å²) in [5, 5.41) is 35.0. The van der Waals surface area contributed by atoms with E-state index in [1.165, 1.54) is 0 Å². The topological polar surface area (TPSA) is 102 Å². The van der Waals surface area contributed by atoms with Gasteiger partial charge in [-0.15, -0.1) is 0 Å². The molecule has 0 amide bonds. The van der Waals surface area contributed by atoms with E-state index in [1.807, 2.05) is 0 Å². The van der Waals surface area contributed by atoms with E-state index < -0.39 is 0 Å². The molecule has 0 aliphatic rings. The van der Waals surface area contributed by atoms with Crippen LogP contribution in [0.2, 0.25) is 0 Å². The maximum atomic E-state index is 8.79. The van der Waals surface area contributed by atoms with Crippen LogP contribution < -0.4 is 10.5 Å².